The fourth-order valence-corrected chi connectivity index (χ4v) is 3.01. The Kier molecular flexibility index (Phi) is 6.50. The van der Waals surface area contributed by atoms with Gasteiger partial charge in [0.05, 0.1) is 27.8 Å². The molecule has 7 nitrogen and oxygen atoms in total. The third-order valence-corrected chi connectivity index (χ3v) is 4.42. The van der Waals surface area contributed by atoms with Crippen LogP contribution in [0.1, 0.15) is 17.5 Å². The van der Waals surface area contributed by atoms with Gasteiger partial charge in [0.15, 0.2) is 0 Å². The molecule has 0 unspecified atom stereocenters. The van der Waals surface area contributed by atoms with Crippen LogP contribution in [0.4, 0.5) is 4.79 Å². The first-order valence-electron chi connectivity index (χ1n) is 8.32. The van der Waals surface area contributed by atoms with Crippen molar-refractivity contribution in [1.82, 2.24) is 9.80 Å². The van der Waals surface area contributed by atoms with Crippen molar-refractivity contribution in [1.29, 1.82) is 0 Å². The van der Waals surface area contributed by atoms with Crippen LogP contribution in [0.5, 0.6) is 11.5 Å². The average molecular weight is 350 g/mol. The normalized spacial score (nSPS) is 14.7. The molecule has 1 heterocycles. The molecular weight excluding hydrogens is 324 g/mol. The number of ether oxygens (including phenoxy) is 3. The van der Waals surface area contributed by atoms with Crippen LogP contribution in [0.3, 0.4) is 0 Å². The van der Waals surface area contributed by atoms with Crippen LogP contribution in [-0.4, -0.2) is 69.3 Å². The quantitative estimate of drug-likeness (QED) is 0.829. The van der Waals surface area contributed by atoms with E-state index in [2.05, 4.69) is 0 Å². The number of hydrogen-bond acceptors (Lipinski definition) is 5. The van der Waals surface area contributed by atoms with Gasteiger partial charge in [0.2, 0.25) is 5.91 Å². The maximum Gasteiger partial charge on any atom is 0.409 e. The lowest BCUT2D eigenvalue weighted by Gasteiger charge is -2.22. The molecule has 0 spiro atoms. The van der Waals surface area contributed by atoms with Crippen LogP contribution in [-0.2, 0) is 16.0 Å². The van der Waals surface area contributed by atoms with E-state index in [-0.39, 0.29) is 18.4 Å². The molecule has 7 heteroatoms. The van der Waals surface area contributed by atoms with Crippen molar-refractivity contribution < 1.29 is 23.8 Å². The molecule has 0 radical (unpaired) electrons. The summed E-state index contributed by atoms with van der Waals surface area (Å²) in [4.78, 5) is 27.8. The Morgan fingerprint density at radius 3 is 2.24 bits per heavy atom. The minimum Gasteiger partial charge on any atom is -0.496 e. The Morgan fingerprint density at radius 1 is 0.960 bits per heavy atom. The molecule has 25 heavy (non-hydrogen) atoms. The number of amides is 2. The molecule has 0 atom stereocenters. The number of carbonyl (C=O) groups is 2. The van der Waals surface area contributed by atoms with Crippen molar-refractivity contribution in [3.8, 4) is 11.5 Å². The van der Waals surface area contributed by atoms with Gasteiger partial charge in [-0.05, 0) is 31.0 Å². The summed E-state index contributed by atoms with van der Waals surface area (Å²) in [5.74, 6) is 1.42. The fraction of sp³-hybridized carbons (Fsp3) is 0.556. The summed E-state index contributed by atoms with van der Waals surface area (Å²) in [6, 6.07) is 3.73. The third kappa shape index (κ3) is 4.55. The van der Waals surface area contributed by atoms with Gasteiger partial charge in [0.25, 0.3) is 0 Å². The molecule has 2 rings (SSSR count). The third-order valence-electron chi connectivity index (χ3n) is 4.42. The summed E-state index contributed by atoms with van der Waals surface area (Å²) in [5, 5.41) is 0. The van der Waals surface area contributed by atoms with Crippen molar-refractivity contribution in [3.63, 3.8) is 0 Å². The highest BCUT2D eigenvalue weighted by Gasteiger charge is 2.23. The van der Waals surface area contributed by atoms with Crippen LogP contribution in [0.2, 0.25) is 0 Å². The van der Waals surface area contributed by atoms with E-state index in [1.807, 2.05) is 19.1 Å². The van der Waals surface area contributed by atoms with Gasteiger partial charge >= 0.3 is 6.09 Å². The lowest BCUT2D eigenvalue weighted by Crippen LogP contribution is -2.37. The Hall–Kier alpha value is -2.44. The summed E-state index contributed by atoms with van der Waals surface area (Å²) in [6.45, 7) is 4.13. The lowest BCUT2D eigenvalue weighted by molar-refractivity contribution is -0.130. The van der Waals surface area contributed by atoms with E-state index < -0.39 is 0 Å². The maximum absolute atomic E-state index is 12.7. The Morgan fingerprint density at radius 2 is 1.60 bits per heavy atom. The number of hydrogen-bond donors (Lipinski definition) is 0. The van der Waals surface area contributed by atoms with Crippen molar-refractivity contribution in [3.05, 3.63) is 23.3 Å². The van der Waals surface area contributed by atoms with Crippen molar-refractivity contribution in [2.75, 3.05) is 47.5 Å². The minimum absolute atomic E-state index is 0.0101. The topological polar surface area (TPSA) is 68.3 Å². The van der Waals surface area contributed by atoms with E-state index >= 15 is 0 Å². The molecule has 0 aromatic heterocycles. The molecule has 1 saturated heterocycles. The van der Waals surface area contributed by atoms with Crippen molar-refractivity contribution in [2.45, 2.75) is 19.8 Å². The summed E-state index contributed by atoms with van der Waals surface area (Å²) >= 11 is 0. The summed E-state index contributed by atoms with van der Waals surface area (Å²) in [5.41, 5.74) is 1.75. The van der Waals surface area contributed by atoms with Gasteiger partial charge < -0.3 is 24.0 Å². The van der Waals surface area contributed by atoms with Gasteiger partial charge in [-0.15, -0.1) is 0 Å². The van der Waals surface area contributed by atoms with Gasteiger partial charge in [-0.1, -0.05) is 0 Å². The molecule has 0 saturated carbocycles. The maximum atomic E-state index is 12.7. The van der Waals surface area contributed by atoms with Crippen molar-refractivity contribution >= 4 is 12.0 Å². The molecule has 0 aliphatic carbocycles. The van der Waals surface area contributed by atoms with Gasteiger partial charge in [0, 0.05) is 31.7 Å². The SMILES string of the molecule is COC(=O)N1CCCN(C(=O)Cc2cc(OC)c(C)cc2OC)CC1. The number of rotatable bonds is 4. The van der Waals surface area contributed by atoms with Crippen LogP contribution < -0.4 is 9.47 Å². The fourth-order valence-electron chi connectivity index (χ4n) is 3.01. The average Bonchev–Trinajstić information content (AvgIpc) is 2.88. The largest absolute Gasteiger partial charge is 0.496 e. The van der Waals surface area contributed by atoms with Gasteiger partial charge in [0.1, 0.15) is 11.5 Å². The van der Waals surface area contributed by atoms with E-state index in [1.54, 1.807) is 24.0 Å². The van der Waals surface area contributed by atoms with E-state index in [1.165, 1.54) is 7.11 Å². The molecule has 1 aliphatic heterocycles. The van der Waals surface area contributed by atoms with Crippen LogP contribution in [0, 0.1) is 6.92 Å². The van der Waals surface area contributed by atoms with E-state index in [0.29, 0.717) is 31.9 Å². The monoisotopic (exact) mass is 350 g/mol. The molecule has 1 aromatic rings. The first-order valence-corrected chi connectivity index (χ1v) is 8.32. The number of benzene rings is 1. The second-order valence-corrected chi connectivity index (χ2v) is 6.00. The van der Waals surface area contributed by atoms with E-state index in [4.69, 9.17) is 14.2 Å². The highest BCUT2D eigenvalue weighted by atomic mass is 16.5. The minimum atomic E-state index is -0.348. The van der Waals surface area contributed by atoms with Crippen LogP contribution in [0.15, 0.2) is 12.1 Å². The number of aryl methyl sites for hydroxylation is 1. The zero-order valence-electron chi connectivity index (χ0n) is 15.3. The van der Waals surface area contributed by atoms with Gasteiger partial charge in [-0.3, -0.25) is 4.79 Å². The highest BCUT2D eigenvalue weighted by molar-refractivity contribution is 5.80. The Balaban J connectivity index is 2.08. The molecule has 0 N–H and O–H groups in total. The molecule has 0 bridgehead atoms. The standard InChI is InChI=1S/C18H26N2O5/c1-13-10-16(24-3)14(11-15(13)23-2)12-17(21)19-6-5-7-20(9-8-19)18(22)25-4/h10-11H,5-9,12H2,1-4H3. The highest BCUT2D eigenvalue weighted by Crippen LogP contribution is 2.29. The van der Waals surface area contributed by atoms with Gasteiger partial charge in [-0.2, -0.15) is 0 Å². The second-order valence-electron chi connectivity index (χ2n) is 6.00. The molecular formula is C18H26N2O5. The molecule has 1 fully saturated rings. The first kappa shape index (κ1) is 18.9. The number of nitrogens with zero attached hydrogens (tertiary/aromatic N) is 2. The van der Waals surface area contributed by atoms with Crippen LogP contribution in [0.25, 0.3) is 0 Å². The second kappa shape index (κ2) is 8.60. The van der Waals surface area contributed by atoms with E-state index in [9.17, 15) is 9.59 Å². The Bertz CT molecular complexity index is 632. The summed E-state index contributed by atoms with van der Waals surface area (Å²) < 4.78 is 15.5. The number of methoxy groups -OCH3 is 3. The first-order chi connectivity index (χ1) is 12.0. The predicted molar refractivity (Wildman–Crippen MR) is 93.2 cm³/mol. The summed E-state index contributed by atoms with van der Waals surface area (Å²) in [7, 11) is 4.57. The van der Waals surface area contributed by atoms with Crippen molar-refractivity contribution in [2.24, 2.45) is 0 Å². The van der Waals surface area contributed by atoms with Gasteiger partial charge in [-0.25, -0.2) is 4.79 Å². The van der Waals surface area contributed by atoms with E-state index in [0.717, 1.165) is 23.3 Å². The zero-order chi connectivity index (χ0) is 18.4. The predicted octanol–water partition coefficient (Wildman–Crippen LogP) is 1.86. The smallest absolute Gasteiger partial charge is 0.409 e. The summed E-state index contributed by atoms with van der Waals surface area (Å²) in [6.07, 6.45) is 0.618. The molecule has 138 valence electrons. The molecule has 1 aliphatic rings. The number of carbonyl (C=O) groups excluding carboxylic acids is 2. The lowest BCUT2D eigenvalue weighted by atomic mass is 10.1. The van der Waals surface area contributed by atoms with Crippen LogP contribution >= 0.6 is 0 Å². The molecule has 2 amide bonds. The molecule has 1 aromatic carbocycles. The Labute approximate surface area is 148 Å². The zero-order valence-corrected chi connectivity index (χ0v) is 15.3.